The topological polar surface area (TPSA) is 110 Å². The predicted octanol–water partition coefficient (Wildman–Crippen LogP) is 3.98. The Morgan fingerprint density at radius 1 is 1.00 bits per heavy atom. The van der Waals surface area contributed by atoms with Gasteiger partial charge in [0.1, 0.15) is 13.2 Å². The molecule has 0 fully saturated rings. The summed E-state index contributed by atoms with van der Waals surface area (Å²) in [5.74, 6) is 0.198. The van der Waals surface area contributed by atoms with Gasteiger partial charge in [-0.15, -0.1) is 0 Å². The van der Waals surface area contributed by atoms with Crippen molar-refractivity contribution in [2.24, 2.45) is 21.0 Å². The number of carbonyl (C=O) groups is 2. The molecule has 2 rings (SSSR count). The highest BCUT2D eigenvalue weighted by Crippen LogP contribution is 2.15. The van der Waals surface area contributed by atoms with Gasteiger partial charge in [-0.25, -0.2) is 0 Å². The maximum Gasteiger partial charge on any atom is 0.247 e. The van der Waals surface area contributed by atoms with Crippen LogP contribution in [0, 0.1) is 10.8 Å². The molecule has 0 spiro atoms. The van der Waals surface area contributed by atoms with Crippen LogP contribution in [0.15, 0.2) is 33.3 Å². The molecule has 0 unspecified atom stereocenters. The largest absolute Gasteiger partial charge is 0.373 e. The standard InChI is InChI=1S/C12H17NO3.C11H18N2O2.CH4/c1-12(2,3)10(14)8-16-7-9-4-5-11(15)13-6-9;1-11(2,3)10(14)8-15-7-5-9-4-6-12-13-9;/h4-6H,7-8H2,1-3H3,(H,13,15);6H,4-5,7-8H2,1-3H3;1H4. The molecule has 1 aliphatic heterocycles. The normalized spacial score (nSPS) is 13.0. The van der Waals surface area contributed by atoms with E-state index in [9.17, 15) is 14.4 Å². The maximum atomic E-state index is 11.5. The number of Topliss-reactive ketones (excluding diaryl/α,β-unsaturated/α-hetero) is 2. The lowest BCUT2D eigenvalue weighted by Gasteiger charge is -2.16. The fourth-order valence-electron chi connectivity index (χ4n) is 2.04. The minimum atomic E-state index is -0.370. The van der Waals surface area contributed by atoms with E-state index in [2.05, 4.69) is 15.2 Å². The molecular weight excluding hydrogens is 410 g/mol. The van der Waals surface area contributed by atoms with Crippen molar-refractivity contribution in [1.29, 1.82) is 0 Å². The van der Waals surface area contributed by atoms with Gasteiger partial charge in [0.2, 0.25) is 5.56 Å². The van der Waals surface area contributed by atoms with Gasteiger partial charge in [0.25, 0.3) is 0 Å². The van der Waals surface area contributed by atoms with Crippen molar-refractivity contribution in [3.8, 4) is 0 Å². The third-order valence-electron chi connectivity index (χ3n) is 4.40. The van der Waals surface area contributed by atoms with Crippen LogP contribution in [0.2, 0.25) is 0 Å². The summed E-state index contributed by atoms with van der Waals surface area (Å²) in [5, 5.41) is 7.68. The zero-order valence-corrected chi connectivity index (χ0v) is 19.5. The quantitative estimate of drug-likeness (QED) is 0.573. The molecule has 1 aromatic rings. The Labute approximate surface area is 191 Å². The molecule has 0 saturated carbocycles. The number of carbonyl (C=O) groups excluding carboxylic acids is 2. The van der Waals surface area contributed by atoms with Gasteiger partial charge in [0.15, 0.2) is 11.6 Å². The highest BCUT2D eigenvalue weighted by atomic mass is 16.5. The highest BCUT2D eigenvalue weighted by Gasteiger charge is 2.21. The molecule has 0 saturated heterocycles. The van der Waals surface area contributed by atoms with Gasteiger partial charge in [-0.3, -0.25) is 14.4 Å². The van der Waals surface area contributed by atoms with E-state index < -0.39 is 0 Å². The van der Waals surface area contributed by atoms with Crippen LogP contribution in [-0.2, 0) is 25.7 Å². The Bertz CT molecular complexity index is 822. The zero-order chi connectivity index (χ0) is 23.5. The Hall–Kier alpha value is -2.45. The van der Waals surface area contributed by atoms with Crippen LogP contribution in [0.1, 0.15) is 67.4 Å². The number of ether oxygens (including phenoxy) is 2. The number of aromatic amines is 1. The van der Waals surface area contributed by atoms with Crippen LogP contribution in [0.3, 0.4) is 0 Å². The summed E-state index contributed by atoms with van der Waals surface area (Å²) in [6, 6.07) is 3.12. The first kappa shape index (κ1) is 29.5. The number of rotatable bonds is 9. The fraction of sp³-hybridized carbons (Fsp3) is 0.625. The number of pyridine rings is 1. The van der Waals surface area contributed by atoms with Crippen LogP contribution < -0.4 is 5.56 Å². The summed E-state index contributed by atoms with van der Waals surface area (Å²) in [6.07, 6.45) is 4.94. The van der Waals surface area contributed by atoms with Gasteiger partial charge < -0.3 is 14.5 Å². The summed E-state index contributed by atoms with van der Waals surface area (Å²) in [5.41, 5.74) is 1.05. The van der Waals surface area contributed by atoms with Gasteiger partial charge in [0, 0.05) is 47.9 Å². The molecule has 0 atom stereocenters. The predicted molar refractivity (Wildman–Crippen MR) is 128 cm³/mol. The average molecular weight is 450 g/mol. The van der Waals surface area contributed by atoms with Crippen molar-refractivity contribution in [3.05, 3.63) is 34.2 Å². The van der Waals surface area contributed by atoms with Crippen molar-refractivity contribution in [2.75, 3.05) is 19.8 Å². The van der Waals surface area contributed by atoms with E-state index in [0.29, 0.717) is 13.2 Å². The van der Waals surface area contributed by atoms with E-state index in [1.54, 1.807) is 18.5 Å². The van der Waals surface area contributed by atoms with Crippen LogP contribution >= 0.6 is 0 Å². The molecule has 0 amide bonds. The minimum Gasteiger partial charge on any atom is -0.373 e. The number of hydrogen-bond donors (Lipinski definition) is 1. The van der Waals surface area contributed by atoms with Crippen LogP contribution in [0.5, 0.6) is 0 Å². The smallest absolute Gasteiger partial charge is 0.247 e. The molecule has 8 heteroatoms. The second kappa shape index (κ2) is 13.9. The molecule has 0 bridgehead atoms. The fourth-order valence-corrected chi connectivity index (χ4v) is 2.04. The maximum absolute atomic E-state index is 11.5. The first-order chi connectivity index (χ1) is 14.4. The Morgan fingerprint density at radius 2 is 1.59 bits per heavy atom. The molecule has 180 valence electrons. The number of hydrogen-bond acceptors (Lipinski definition) is 7. The average Bonchev–Trinajstić information content (AvgIpc) is 3.19. The Morgan fingerprint density at radius 3 is 2.06 bits per heavy atom. The van der Waals surface area contributed by atoms with Crippen LogP contribution in [0.4, 0.5) is 0 Å². The number of ketones is 2. The summed E-state index contributed by atoms with van der Waals surface area (Å²) in [6.45, 7) is 12.4. The van der Waals surface area contributed by atoms with E-state index in [1.165, 1.54) is 6.07 Å². The molecule has 0 aromatic carbocycles. The van der Waals surface area contributed by atoms with Crippen LogP contribution in [-0.4, -0.2) is 48.3 Å². The van der Waals surface area contributed by atoms with Gasteiger partial charge in [-0.1, -0.05) is 49.0 Å². The molecule has 1 aliphatic rings. The molecule has 1 aromatic heterocycles. The van der Waals surface area contributed by atoms with Crippen molar-refractivity contribution in [2.45, 2.75) is 68.4 Å². The molecule has 2 heterocycles. The SMILES string of the molecule is C.CC(C)(C)C(=O)COCCC1=NN=CC1.CC(C)(C)C(=O)COCc1ccc(=O)[nH]c1. The van der Waals surface area contributed by atoms with Gasteiger partial charge in [-0.05, 0) is 11.6 Å². The van der Waals surface area contributed by atoms with E-state index >= 15 is 0 Å². The third-order valence-corrected chi connectivity index (χ3v) is 4.40. The van der Waals surface area contributed by atoms with Gasteiger partial charge in [-0.2, -0.15) is 10.2 Å². The minimum absolute atomic E-state index is 0. The van der Waals surface area contributed by atoms with Crippen molar-refractivity contribution in [1.82, 2.24) is 4.98 Å². The molecular formula is C24H39N3O5. The number of nitrogens with zero attached hydrogens (tertiary/aromatic N) is 2. The second-order valence-electron chi connectivity index (χ2n) is 9.37. The van der Waals surface area contributed by atoms with E-state index in [-0.39, 0.29) is 48.6 Å². The number of nitrogens with one attached hydrogen (secondary N) is 1. The molecule has 8 nitrogen and oxygen atoms in total. The number of H-pyrrole nitrogens is 1. The third kappa shape index (κ3) is 12.4. The van der Waals surface area contributed by atoms with Gasteiger partial charge in [0.05, 0.1) is 13.2 Å². The monoisotopic (exact) mass is 449 g/mol. The zero-order valence-electron chi connectivity index (χ0n) is 19.5. The molecule has 32 heavy (non-hydrogen) atoms. The first-order valence-corrected chi connectivity index (χ1v) is 10.4. The summed E-state index contributed by atoms with van der Waals surface area (Å²) >= 11 is 0. The summed E-state index contributed by atoms with van der Waals surface area (Å²) in [4.78, 5) is 36.3. The lowest BCUT2D eigenvalue weighted by molar-refractivity contribution is -0.131. The van der Waals surface area contributed by atoms with Crippen molar-refractivity contribution in [3.63, 3.8) is 0 Å². The second-order valence-corrected chi connectivity index (χ2v) is 9.37. The molecule has 0 radical (unpaired) electrons. The summed E-state index contributed by atoms with van der Waals surface area (Å²) in [7, 11) is 0. The lowest BCUT2D eigenvalue weighted by Crippen LogP contribution is -2.25. The van der Waals surface area contributed by atoms with E-state index in [1.807, 2.05) is 41.5 Å². The lowest BCUT2D eigenvalue weighted by atomic mass is 9.91. The van der Waals surface area contributed by atoms with Crippen molar-refractivity contribution >= 4 is 23.5 Å². The van der Waals surface area contributed by atoms with Gasteiger partial charge >= 0.3 is 0 Å². The molecule has 1 N–H and O–H groups in total. The Kier molecular flexibility index (Phi) is 12.8. The van der Waals surface area contributed by atoms with E-state index in [4.69, 9.17) is 9.47 Å². The van der Waals surface area contributed by atoms with E-state index in [0.717, 1.165) is 24.1 Å². The summed E-state index contributed by atoms with van der Waals surface area (Å²) < 4.78 is 10.6. The molecule has 0 aliphatic carbocycles. The Balaban J connectivity index is 0.000000584. The first-order valence-electron chi connectivity index (χ1n) is 10.4. The number of aromatic nitrogens is 1. The van der Waals surface area contributed by atoms with Crippen LogP contribution in [0.25, 0.3) is 0 Å². The van der Waals surface area contributed by atoms with Crippen molar-refractivity contribution < 1.29 is 19.1 Å². The highest BCUT2D eigenvalue weighted by molar-refractivity contribution is 5.98.